The summed E-state index contributed by atoms with van der Waals surface area (Å²) in [5.41, 5.74) is 2.47. The van der Waals surface area contributed by atoms with Crippen LogP contribution in [0.3, 0.4) is 0 Å². The first-order valence-electron chi connectivity index (χ1n) is 3.08. The zero-order chi connectivity index (χ0) is 8.27. The average molecular weight is 193 g/mol. The topological polar surface area (TPSA) is 47.3 Å². The van der Waals surface area contributed by atoms with Crippen LogP contribution in [-0.4, -0.2) is 7.11 Å². The zero-order valence-electron chi connectivity index (χ0n) is 6.50. The lowest BCUT2D eigenvalue weighted by Crippen LogP contribution is -2.08. The molecule has 0 bridgehead atoms. The number of rotatable bonds is 2. The third kappa shape index (κ3) is 2.25. The molecule has 0 heterocycles. The van der Waals surface area contributed by atoms with Crippen molar-refractivity contribution >= 4 is 18.1 Å². The summed E-state index contributed by atoms with van der Waals surface area (Å²) < 4.78 is 17.6. The van der Waals surface area contributed by atoms with Crippen LogP contribution in [0.5, 0.6) is 5.75 Å². The van der Waals surface area contributed by atoms with Gasteiger partial charge in [0.05, 0.1) is 12.8 Å². The van der Waals surface area contributed by atoms with Crippen molar-refractivity contribution in [3.05, 3.63) is 24.0 Å². The Morgan fingerprint density at radius 3 is 2.58 bits per heavy atom. The van der Waals surface area contributed by atoms with Gasteiger partial charge < -0.3 is 10.2 Å². The summed E-state index contributed by atoms with van der Waals surface area (Å²) in [4.78, 5) is 0. The van der Waals surface area contributed by atoms with Crippen LogP contribution in [0.25, 0.3) is 0 Å². The summed E-state index contributed by atoms with van der Waals surface area (Å²) >= 11 is 0. The SMILES string of the molecule is COc1ccc(NN)c(F)c1.Cl. The molecule has 0 aliphatic rings. The van der Waals surface area contributed by atoms with Gasteiger partial charge in [-0.1, -0.05) is 0 Å². The highest BCUT2D eigenvalue weighted by molar-refractivity contribution is 5.85. The lowest BCUT2D eigenvalue weighted by Gasteiger charge is -2.03. The summed E-state index contributed by atoms with van der Waals surface area (Å²) in [7, 11) is 1.48. The lowest BCUT2D eigenvalue weighted by molar-refractivity contribution is 0.411. The van der Waals surface area contributed by atoms with Crippen LogP contribution in [0.15, 0.2) is 18.2 Å². The van der Waals surface area contributed by atoms with E-state index in [-0.39, 0.29) is 18.1 Å². The van der Waals surface area contributed by atoms with Gasteiger partial charge in [0.15, 0.2) is 5.82 Å². The van der Waals surface area contributed by atoms with Crippen molar-refractivity contribution in [2.75, 3.05) is 12.5 Å². The van der Waals surface area contributed by atoms with E-state index in [1.54, 1.807) is 6.07 Å². The molecular weight excluding hydrogens is 183 g/mol. The number of hydrogen-bond donors (Lipinski definition) is 2. The van der Waals surface area contributed by atoms with Crippen LogP contribution in [0.4, 0.5) is 10.1 Å². The Morgan fingerprint density at radius 1 is 1.50 bits per heavy atom. The van der Waals surface area contributed by atoms with Crippen LogP contribution in [-0.2, 0) is 0 Å². The van der Waals surface area contributed by atoms with Gasteiger partial charge in [-0.05, 0) is 12.1 Å². The molecule has 3 nitrogen and oxygen atoms in total. The first-order valence-corrected chi connectivity index (χ1v) is 3.08. The molecule has 0 radical (unpaired) electrons. The molecule has 0 aromatic heterocycles. The van der Waals surface area contributed by atoms with Gasteiger partial charge in [0, 0.05) is 6.07 Å². The number of hydrazine groups is 1. The van der Waals surface area contributed by atoms with Crippen molar-refractivity contribution in [3.63, 3.8) is 0 Å². The Bertz CT molecular complexity index is 257. The summed E-state index contributed by atoms with van der Waals surface area (Å²) in [6, 6.07) is 4.39. The Kier molecular flexibility index (Phi) is 4.39. The lowest BCUT2D eigenvalue weighted by atomic mass is 10.3. The van der Waals surface area contributed by atoms with Gasteiger partial charge in [0.25, 0.3) is 0 Å². The van der Waals surface area contributed by atoms with E-state index >= 15 is 0 Å². The maximum atomic E-state index is 12.8. The minimum atomic E-state index is -0.424. The largest absolute Gasteiger partial charge is 0.497 e. The van der Waals surface area contributed by atoms with E-state index in [9.17, 15) is 4.39 Å². The third-order valence-electron chi connectivity index (χ3n) is 1.33. The number of nitrogen functional groups attached to an aromatic ring is 1. The Morgan fingerprint density at radius 2 is 2.17 bits per heavy atom. The minimum absolute atomic E-state index is 0. The summed E-state index contributed by atoms with van der Waals surface area (Å²) in [5, 5.41) is 0. The van der Waals surface area contributed by atoms with Crippen LogP contribution >= 0.6 is 12.4 Å². The molecule has 5 heteroatoms. The fraction of sp³-hybridized carbons (Fsp3) is 0.143. The highest BCUT2D eigenvalue weighted by Gasteiger charge is 2.00. The second-order valence-corrected chi connectivity index (χ2v) is 1.99. The molecule has 1 aromatic rings. The quantitative estimate of drug-likeness (QED) is 0.552. The van der Waals surface area contributed by atoms with E-state index < -0.39 is 5.82 Å². The molecule has 0 fully saturated rings. The van der Waals surface area contributed by atoms with Crippen molar-refractivity contribution in [3.8, 4) is 5.75 Å². The number of anilines is 1. The molecule has 1 aromatic carbocycles. The molecule has 0 aliphatic heterocycles. The maximum absolute atomic E-state index is 12.8. The van der Waals surface area contributed by atoms with Gasteiger partial charge in [-0.15, -0.1) is 12.4 Å². The molecule has 12 heavy (non-hydrogen) atoms. The fourth-order valence-corrected chi connectivity index (χ4v) is 0.740. The standard InChI is InChI=1S/C7H9FN2O.ClH/c1-11-5-2-3-7(10-9)6(8)4-5;/h2-4,10H,9H2,1H3;1H. The number of ether oxygens (including phenoxy) is 1. The molecule has 0 aliphatic carbocycles. The summed E-state index contributed by atoms with van der Waals surface area (Å²) in [5.74, 6) is 5.06. The first kappa shape index (κ1) is 11.0. The number of hydrogen-bond acceptors (Lipinski definition) is 3. The van der Waals surface area contributed by atoms with E-state index in [1.807, 2.05) is 0 Å². The number of halogens is 2. The molecule has 0 saturated heterocycles. The number of methoxy groups -OCH3 is 1. The molecule has 0 saturated carbocycles. The van der Waals surface area contributed by atoms with E-state index in [2.05, 4.69) is 5.43 Å². The monoisotopic (exact) mass is 192 g/mol. The van der Waals surface area contributed by atoms with E-state index in [1.165, 1.54) is 19.2 Å². The normalized spacial score (nSPS) is 8.58. The van der Waals surface area contributed by atoms with Crippen LogP contribution in [0.1, 0.15) is 0 Å². The predicted octanol–water partition coefficient (Wildman–Crippen LogP) is 1.54. The highest BCUT2D eigenvalue weighted by atomic mass is 35.5. The second-order valence-electron chi connectivity index (χ2n) is 1.99. The van der Waals surface area contributed by atoms with Crippen LogP contribution < -0.4 is 16.0 Å². The molecule has 0 atom stereocenters. The van der Waals surface area contributed by atoms with E-state index in [4.69, 9.17) is 10.6 Å². The van der Waals surface area contributed by atoms with Gasteiger partial charge >= 0.3 is 0 Å². The Balaban J connectivity index is 0.00000121. The van der Waals surface area contributed by atoms with Gasteiger partial charge in [-0.25, -0.2) is 4.39 Å². The number of nitrogens with two attached hydrogens (primary N) is 1. The smallest absolute Gasteiger partial charge is 0.151 e. The molecule has 0 spiro atoms. The van der Waals surface area contributed by atoms with Crippen molar-refractivity contribution in [1.29, 1.82) is 0 Å². The molecule has 68 valence electrons. The molecule has 0 unspecified atom stereocenters. The van der Waals surface area contributed by atoms with Gasteiger partial charge in [0.2, 0.25) is 0 Å². The fourth-order valence-electron chi connectivity index (χ4n) is 0.740. The molecule has 0 amide bonds. The number of benzene rings is 1. The van der Waals surface area contributed by atoms with Gasteiger partial charge in [0.1, 0.15) is 5.75 Å². The van der Waals surface area contributed by atoms with Crippen molar-refractivity contribution in [1.82, 2.24) is 0 Å². The predicted molar refractivity (Wildman–Crippen MR) is 48.0 cm³/mol. The Hall–Kier alpha value is -1.00. The average Bonchev–Trinajstić information content (AvgIpc) is 2.04. The Labute approximate surface area is 76.1 Å². The van der Waals surface area contributed by atoms with Crippen LogP contribution in [0, 0.1) is 5.82 Å². The number of nitrogens with one attached hydrogen (secondary N) is 1. The van der Waals surface area contributed by atoms with Crippen molar-refractivity contribution in [2.24, 2.45) is 5.84 Å². The van der Waals surface area contributed by atoms with Gasteiger partial charge in [-0.3, -0.25) is 5.84 Å². The van der Waals surface area contributed by atoms with Crippen molar-refractivity contribution < 1.29 is 9.13 Å². The third-order valence-corrected chi connectivity index (χ3v) is 1.33. The highest BCUT2D eigenvalue weighted by Crippen LogP contribution is 2.18. The minimum Gasteiger partial charge on any atom is -0.497 e. The first-order chi connectivity index (χ1) is 5.27. The second kappa shape index (κ2) is 4.79. The van der Waals surface area contributed by atoms with Crippen molar-refractivity contribution in [2.45, 2.75) is 0 Å². The molecule has 3 N–H and O–H groups in total. The molecular formula is C7H10ClFN2O. The maximum Gasteiger partial charge on any atom is 0.151 e. The summed E-state index contributed by atoms with van der Waals surface area (Å²) in [6.07, 6.45) is 0. The zero-order valence-corrected chi connectivity index (χ0v) is 7.32. The summed E-state index contributed by atoms with van der Waals surface area (Å²) in [6.45, 7) is 0. The van der Waals surface area contributed by atoms with Crippen LogP contribution in [0.2, 0.25) is 0 Å². The van der Waals surface area contributed by atoms with E-state index in [0.717, 1.165) is 0 Å². The van der Waals surface area contributed by atoms with Gasteiger partial charge in [-0.2, -0.15) is 0 Å². The molecule has 1 rings (SSSR count). The van der Waals surface area contributed by atoms with E-state index in [0.29, 0.717) is 5.75 Å².